The Kier molecular flexibility index (Phi) is 7.11. The summed E-state index contributed by atoms with van der Waals surface area (Å²) in [5, 5.41) is 9.96. The van der Waals surface area contributed by atoms with E-state index in [0.717, 1.165) is 6.42 Å². The van der Waals surface area contributed by atoms with Gasteiger partial charge in [-0.1, -0.05) is 6.92 Å². The maximum Gasteiger partial charge on any atom is 0.268 e. The van der Waals surface area contributed by atoms with Crippen LogP contribution in [0.5, 0.6) is 5.75 Å². The van der Waals surface area contributed by atoms with Crippen molar-refractivity contribution in [3.63, 3.8) is 0 Å². The van der Waals surface area contributed by atoms with Crippen LogP contribution in [0.15, 0.2) is 53.6 Å². The number of methoxy groups -OCH3 is 1. The van der Waals surface area contributed by atoms with Crippen LogP contribution in [0.25, 0.3) is 11.3 Å². The molecule has 0 radical (unpaired) electrons. The molecule has 11 heteroatoms. The van der Waals surface area contributed by atoms with Crippen molar-refractivity contribution in [1.29, 1.82) is 0 Å². The summed E-state index contributed by atoms with van der Waals surface area (Å²) >= 11 is 0. The van der Waals surface area contributed by atoms with E-state index in [1.54, 1.807) is 37.4 Å². The summed E-state index contributed by atoms with van der Waals surface area (Å²) in [6.07, 6.45) is 2.24. The van der Waals surface area contributed by atoms with Gasteiger partial charge in [0.25, 0.3) is 15.9 Å². The highest BCUT2D eigenvalue weighted by Crippen LogP contribution is 2.39. The summed E-state index contributed by atoms with van der Waals surface area (Å²) < 4.78 is 33.3. The topological polar surface area (TPSA) is 148 Å². The van der Waals surface area contributed by atoms with Gasteiger partial charge in [-0.2, -0.15) is 0 Å². The van der Waals surface area contributed by atoms with Crippen molar-refractivity contribution in [2.24, 2.45) is 5.92 Å². The number of hydrogen-bond acceptors (Lipinski definition) is 9. The zero-order chi connectivity index (χ0) is 27.0. The Morgan fingerprint density at radius 3 is 2.65 bits per heavy atom. The van der Waals surface area contributed by atoms with Gasteiger partial charge in [0.1, 0.15) is 22.3 Å². The van der Waals surface area contributed by atoms with Gasteiger partial charge in [0.2, 0.25) is 0 Å². The normalized spacial score (nSPS) is 17.0. The molecule has 1 amide bonds. The van der Waals surface area contributed by atoms with Crippen LogP contribution < -0.4 is 20.1 Å². The van der Waals surface area contributed by atoms with Crippen LogP contribution in [0.4, 0.5) is 11.6 Å². The van der Waals surface area contributed by atoms with Crippen LogP contribution in [0.1, 0.15) is 43.1 Å². The van der Waals surface area contributed by atoms with E-state index < -0.39 is 15.9 Å². The number of aliphatic hydroxyl groups is 1. The van der Waals surface area contributed by atoms with Crippen LogP contribution in [0.2, 0.25) is 0 Å². The highest BCUT2D eigenvalue weighted by atomic mass is 32.2. The van der Waals surface area contributed by atoms with E-state index in [1.165, 1.54) is 18.3 Å². The Labute approximate surface area is 216 Å². The summed E-state index contributed by atoms with van der Waals surface area (Å²) in [5.41, 5.74) is 7.35. The fourth-order valence-electron chi connectivity index (χ4n) is 4.88. The van der Waals surface area contributed by atoms with Gasteiger partial charge >= 0.3 is 0 Å². The summed E-state index contributed by atoms with van der Waals surface area (Å²) in [4.78, 5) is 23.8. The Morgan fingerprint density at radius 1 is 1.27 bits per heavy atom. The number of benzene rings is 1. The molecule has 1 fully saturated rings. The van der Waals surface area contributed by atoms with Crippen molar-refractivity contribution in [3.8, 4) is 17.0 Å². The predicted molar refractivity (Wildman–Crippen MR) is 141 cm³/mol. The Bertz CT molecular complexity index is 1440. The molecule has 1 aliphatic rings. The maximum absolute atomic E-state index is 13.4. The number of nitrogens with one attached hydrogen (secondary N) is 1. The molecule has 1 atom stereocenters. The first kappa shape index (κ1) is 26.4. The lowest BCUT2D eigenvalue weighted by Crippen LogP contribution is -2.41. The number of nitrogen functional groups attached to an aromatic ring is 1. The van der Waals surface area contributed by atoms with Gasteiger partial charge in [0, 0.05) is 23.8 Å². The van der Waals surface area contributed by atoms with Gasteiger partial charge < -0.3 is 20.5 Å². The van der Waals surface area contributed by atoms with E-state index in [9.17, 15) is 18.3 Å². The highest BCUT2D eigenvalue weighted by Gasteiger charge is 2.39. The number of aromatic nitrogens is 2. The third-order valence-electron chi connectivity index (χ3n) is 6.52. The molecule has 4 N–H and O–H groups in total. The Hall–Kier alpha value is -3.70. The minimum absolute atomic E-state index is 0.107. The number of rotatable bonds is 7. The lowest BCUT2D eigenvalue weighted by Gasteiger charge is -2.34. The minimum atomic E-state index is -4.28. The standard InChI is InChI=1S/C26H31N5O5S/c1-16-13-26(2,3)31(14-16)24-20(25(33)30-37(34,35)22-6-5-11-28-23(22)27)9-10-21(29-24)19-8-7-18(36-4)12-17(19)15-32/h5-12,16,32H,13-15H2,1-4H3,(H2,27,28)(H,30,33)/t16-/m0/s1. The molecule has 0 spiro atoms. The van der Waals surface area contributed by atoms with Crippen molar-refractivity contribution in [2.45, 2.75) is 44.2 Å². The largest absolute Gasteiger partial charge is 0.497 e. The van der Waals surface area contributed by atoms with E-state index in [0.29, 0.717) is 40.9 Å². The minimum Gasteiger partial charge on any atom is -0.497 e. The number of nitrogens with two attached hydrogens (primary N) is 1. The first-order chi connectivity index (χ1) is 17.5. The molecule has 0 saturated carbocycles. The number of pyridine rings is 2. The summed E-state index contributed by atoms with van der Waals surface area (Å²) in [5.74, 6) is 0.257. The van der Waals surface area contributed by atoms with E-state index >= 15 is 0 Å². The molecule has 1 aromatic carbocycles. The van der Waals surface area contributed by atoms with Gasteiger partial charge in [-0.25, -0.2) is 23.1 Å². The zero-order valence-corrected chi connectivity index (χ0v) is 22.0. The average molecular weight is 526 g/mol. The van der Waals surface area contributed by atoms with Crippen molar-refractivity contribution in [3.05, 3.63) is 59.8 Å². The second-order valence-electron chi connectivity index (χ2n) is 9.80. The third-order valence-corrected chi connectivity index (χ3v) is 7.90. The van der Waals surface area contributed by atoms with Crippen LogP contribution in [-0.4, -0.2) is 48.6 Å². The second kappa shape index (κ2) is 9.98. The number of sulfonamides is 1. The SMILES string of the molecule is COc1ccc(-c2ccc(C(=O)NS(=O)(=O)c3cccnc3N)c(N3C[C@@H](C)CC3(C)C)n2)c(CO)c1. The van der Waals surface area contributed by atoms with E-state index in [1.807, 2.05) is 4.90 Å². The molecule has 0 bridgehead atoms. The summed E-state index contributed by atoms with van der Waals surface area (Å²) in [6.45, 7) is 6.65. The van der Waals surface area contributed by atoms with Crippen LogP contribution >= 0.6 is 0 Å². The Balaban J connectivity index is 1.81. The van der Waals surface area contributed by atoms with Crippen molar-refractivity contribution >= 4 is 27.6 Å². The highest BCUT2D eigenvalue weighted by molar-refractivity contribution is 7.90. The van der Waals surface area contributed by atoms with Gasteiger partial charge in [-0.05, 0) is 74.2 Å². The molecule has 10 nitrogen and oxygen atoms in total. The number of anilines is 2. The van der Waals surface area contributed by atoms with Gasteiger partial charge in [-0.3, -0.25) is 4.79 Å². The van der Waals surface area contributed by atoms with E-state index in [2.05, 4.69) is 30.5 Å². The van der Waals surface area contributed by atoms with E-state index in [-0.39, 0.29) is 28.4 Å². The second-order valence-corrected chi connectivity index (χ2v) is 11.5. The number of ether oxygens (including phenoxy) is 1. The fourth-order valence-corrected chi connectivity index (χ4v) is 5.93. The molecule has 3 aromatic rings. The van der Waals surface area contributed by atoms with Gasteiger partial charge in [0.15, 0.2) is 0 Å². The number of amides is 1. The molecule has 1 aliphatic heterocycles. The number of aliphatic hydroxyl groups excluding tert-OH is 1. The number of hydrogen-bond donors (Lipinski definition) is 3. The van der Waals surface area contributed by atoms with Crippen LogP contribution in [0, 0.1) is 5.92 Å². The predicted octanol–water partition coefficient (Wildman–Crippen LogP) is 2.97. The van der Waals surface area contributed by atoms with Crippen molar-refractivity contribution in [1.82, 2.24) is 14.7 Å². The molecule has 3 heterocycles. The lowest BCUT2D eigenvalue weighted by atomic mass is 9.97. The average Bonchev–Trinajstić information content (AvgIpc) is 3.14. The molecule has 2 aromatic heterocycles. The number of carbonyl (C=O) groups is 1. The summed E-state index contributed by atoms with van der Waals surface area (Å²) in [7, 11) is -2.73. The van der Waals surface area contributed by atoms with E-state index in [4.69, 9.17) is 15.5 Å². The molecule has 1 saturated heterocycles. The summed E-state index contributed by atoms with van der Waals surface area (Å²) in [6, 6.07) is 11.2. The Morgan fingerprint density at radius 2 is 2.03 bits per heavy atom. The molecule has 0 aliphatic carbocycles. The number of carbonyl (C=O) groups excluding carboxylic acids is 1. The monoisotopic (exact) mass is 525 g/mol. The van der Waals surface area contributed by atoms with Crippen molar-refractivity contribution in [2.75, 3.05) is 24.3 Å². The zero-order valence-electron chi connectivity index (χ0n) is 21.2. The molecule has 0 unspecified atom stereocenters. The molecular weight excluding hydrogens is 494 g/mol. The quantitative estimate of drug-likeness (QED) is 0.423. The van der Waals surface area contributed by atoms with Crippen molar-refractivity contribution < 1.29 is 23.1 Å². The molecular formula is C26H31N5O5S. The fraction of sp³-hybridized carbons (Fsp3) is 0.346. The van der Waals surface area contributed by atoms with Gasteiger partial charge in [0.05, 0.1) is 25.0 Å². The maximum atomic E-state index is 13.4. The smallest absolute Gasteiger partial charge is 0.268 e. The number of nitrogens with zero attached hydrogens (tertiary/aromatic N) is 3. The van der Waals surface area contributed by atoms with Crippen LogP contribution in [-0.2, 0) is 16.6 Å². The lowest BCUT2D eigenvalue weighted by molar-refractivity contribution is 0.0981. The van der Waals surface area contributed by atoms with Gasteiger partial charge in [-0.15, -0.1) is 0 Å². The third kappa shape index (κ3) is 5.23. The molecule has 4 rings (SSSR count). The first-order valence-electron chi connectivity index (χ1n) is 11.8. The molecule has 37 heavy (non-hydrogen) atoms. The first-order valence-corrected chi connectivity index (χ1v) is 13.3. The molecule has 196 valence electrons. The van der Waals surface area contributed by atoms with Crippen LogP contribution in [0.3, 0.4) is 0 Å².